The summed E-state index contributed by atoms with van der Waals surface area (Å²) in [6, 6.07) is -1.36. The van der Waals surface area contributed by atoms with Crippen LogP contribution in [0.25, 0.3) is 0 Å². The molecule has 1 heterocycles. The van der Waals surface area contributed by atoms with Crippen LogP contribution in [0.15, 0.2) is 0 Å². The number of rotatable bonds is 2. The van der Waals surface area contributed by atoms with Crippen molar-refractivity contribution in [1.29, 1.82) is 0 Å². The number of hydrogen-bond donors (Lipinski definition) is 2. The molecule has 0 aliphatic carbocycles. The SMILES string of the molecule is NC1CCCNC1C(F)C(F)F. The van der Waals surface area contributed by atoms with E-state index in [1.807, 2.05) is 0 Å². The minimum absolute atomic E-state index is 0.484. The molecule has 0 aromatic carbocycles. The first-order valence-electron chi connectivity index (χ1n) is 4.04. The Kier molecular flexibility index (Phi) is 3.34. The fourth-order valence-electron chi connectivity index (χ4n) is 1.44. The highest BCUT2D eigenvalue weighted by Gasteiger charge is 2.35. The molecule has 0 amide bonds. The van der Waals surface area contributed by atoms with Crippen LogP contribution in [0.5, 0.6) is 0 Å². The van der Waals surface area contributed by atoms with Gasteiger partial charge in [0.25, 0.3) is 6.43 Å². The average Bonchev–Trinajstić information content (AvgIpc) is 2.04. The van der Waals surface area contributed by atoms with Crippen molar-refractivity contribution in [3.05, 3.63) is 0 Å². The van der Waals surface area contributed by atoms with Gasteiger partial charge in [0, 0.05) is 6.04 Å². The number of piperidine rings is 1. The monoisotopic (exact) mass is 182 g/mol. The summed E-state index contributed by atoms with van der Waals surface area (Å²) < 4.78 is 36.6. The Bertz CT molecular complexity index is 143. The fraction of sp³-hybridized carbons (Fsp3) is 1.00. The number of alkyl halides is 3. The Morgan fingerprint density at radius 2 is 2.00 bits per heavy atom. The van der Waals surface area contributed by atoms with Gasteiger partial charge < -0.3 is 11.1 Å². The molecule has 1 aliphatic rings. The molecule has 3 N–H and O–H groups in total. The Labute approximate surface area is 69.3 Å². The van der Waals surface area contributed by atoms with E-state index < -0.39 is 24.7 Å². The van der Waals surface area contributed by atoms with Gasteiger partial charge in [-0.3, -0.25) is 0 Å². The molecular formula is C7H13F3N2. The number of hydrogen-bond acceptors (Lipinski definition) is 2. The lowest BCUT2D eigenvalue weighted by Crippen LogP contribution is -2.56. The first-order chi connectivity index (χ1) is 5.63. The van der Waals surface area contributed by atoms with Gasteiger partial charge in [-0.15, -0.1) is 0 Å². The summed E-state index contributed by atoms with van der Waals surface area (Å²) in [6.07, 6.45) is -3.63. The molecule has 3 atom stereocenters. The highest BCUT2D eigenvalue weighted by molar-refractivity contribution is 4.90. The van der Waals surface area contributed by atoms with Crippen molar-refractivity contribution in [2.45, 2.75) is 37.5 Å². The van der Waals surface area contributed by atoms with Gasteiger partial charge in [0.05, 0.1) is 6.04 Å². The lowest BCUT2D eigenvalue weighted by molar-refractivity contribution is 0.0177. The van der Waals surface area contributed by atoms with Gasteiger partial charge in [-0.25, -0.2) is 13.2 Å². The molecule has 1 aliphatic heterocycles. The van der Waals surface area contributed by atoms with Gasteiger partial charge in [0.2, 0.25) is 0 Å². The molecule has 0 aromatic rings. The zero-order valence-electron chi connectivity index (χ0n) is 6.64. The molecule has 0 bridgehead atoms. The molecular weight excluding hydrogens is 169 g/mol. The third-order valence-electron chi connectivity index (χ3n) is 2.14. The minimum atomic E-state index is -2.94. The molecule has 0 radical (unpaired) electrons. The van der Waals surface area contributed by atoms with Gasteiger partial charge in [-0.1, -0.05) is 0 Å². The molecule has 72 valence electrons. The lowest BCUT2D eigenvalue weighted by Gasteiger charge is -2.31. The largest absolute Gasteiger partial charge is 0.326 e. The molecule has 5 heteroatoms. The van der Waals surface area contributed by atoms with E-state index in [-0.39, 0.29) is 0 Å². The van der Waals surface area contributed by atoms with Crippen LogP contribution < -0.4 is 11.1 Å². The van der Waals surface area contributed by atoms with Crippen molar-refractivity contribution in [1.82, 2.24) is 5.32 Å². The van der Waals surface area contributed by atoms with E-state index >= 15 is 0 Å². The van der Waals surface area contributed by atoms with Gasteiger partial charge >= 0.3 is 0 Å². The Morgan fingerprint density at radius 1 is 1.33 bits per heavy atom. The Balaban J connectivity index is 2.47. The quantitative estimate of drug-likeness (QED) is 0.658. The van der Waals surface area contributed by atoms with Crippen molar-refractivity contribution < 1.29 is 13.2 Å². The maximum atomic E-state index is 12.8. The summed E-state index contributed by atoms with van der Waals surface area (Å²) in [4.78, 5) is 0. The number of nitrogens with one attached hydrogen (secondary N) is 1. The molecule has 1 fully saturated rings. The highest BCUT2D eigenvalue weighted by atomic mass is 19.3. The summed E-state index contributed by atoms with van der Waals surface area (Å²) in [5.74, 6) is 0. The molecule has 0 saturated carbocycles. The summed E-state index contributed by atoms with van der Waals surface area (Å²) in [5.41, 5.74) is 5.48. The third-order valence-corrected chi connectivity index (χ3v) is 2.14. The van der Waals surface area contributed by atoms with E-state index in [1.54, 1.807) is 0 Å². The lowest BCUT2D eigenvalue weighted by atomic mass is 9.96. The van der Waals surface area contributed by atoms with E-state index in [0.717, 1.165) is 6.42 Å². The Morgan fingerprint density at radius 3 is 2.50 bits per heavy atom. The van der Waals surface area contributed by atoms with Gasteiger partial charge in [0.1, 0.15) is 0 Å². The summed E-state index contributed by atoms with van der Waals surface area (Å²) in [7, 11) is 0. The molecule has 0 spiro atoms. The second-order valence-electron chi connectivity index (χ2n) is 3.06. The topological polar surface area (TPSA) is 38.0 Å². The zero-order valence-corrected chi connectivity index (χ0v) is 6.64. The maximum absolute atomic E-state index is 12.8. The molecule has 2 nitrogen and oxygen atoms in total. The molecule has 0 aromatic heterocycles. The standard InChI is InChI=1S/C7H13F3N2/c8-5(7(9)10)6-4(11)2-1-3-12-6/h4-7,12H,1-3,11H2. The van der Waals surface area contributed by atoms with Crippen LogP contribution in [-0.2, 0) is 0 Å². The van der Waals surface area contributed by atoms with Crippen molar-refractivity contribution in [2.24, 2.45) is 5.73 Å². The first-order valence-corrected chi connectivity index (χ1v) is 4.04. The van der Waals surface area contributed by atoms with Crippen LogP contribution in [0.4, 0.5) is 13.2 Å². The second-order valence-corrected chi connectivity index (χ2v) is 3.06. The van der Waals surface area contributed by atoms with Crippen molar-refractivity contribution in [3.8, 4) is 0 Å². The summed E-state index contributed by atoms with van der Waals surface area (Å²) in [6.45, 7) is 0.575. The second kappa shape index (κ2) is 4.09. The van der Waals surface area contributed by atoms with Crippen LogP contribution in [-0.4, -0.2) is 31.2 Å². The molecule has 12 heavy (non-hydrogen) atoms. The number of halogens is 3. The molecule has 1 rings (SSSR count). The van der Waals surface area contributed by atoms with E-state index in [9.17, 15) is 13.2 Å². The molecule has 3 unspecified atom stereocenters. The van der Waals surface area contributed by atoms with Gasteiger partial charge in [-0.2, -0.15) is 0 Å². The van der Waals surface area contributed by atoms with Crippen LogP contribution in [0.1, 0.15) is 12.8 Å². The van der Waals surface area contributed by atoms with E-state index in [2.05, 4.69) is 5.32 Å². The van der Waals surface area contributed by atoms with Crippen molar-refractivity contribution in [2.75, 3.05) is 6.54 Å². The maximum Gasteiger partial charge on any atom is 0.270 e. The predicted molar refractivity (Wildman–Crippen MR) is 39.9 cm³/mol. The highest BCUT2D eigenvalue weighted by Crippen LogP contribution is 2.17. The van der Waals surface area contributed by atoms with Crippen LogP contribution in [0, 0.1) is 0 Å². The predicted octanol–water partition coefficient (Wildman–Crippen LogP) is 0.669. The zero-order chi connectivity index (χ0) is 9.14. The smallest absolute Gasteiger partial charge is 0.270 e. The van der Waals surface area contributed by atoms with Gasteiger partial charge in [0.15, 0.2) is 6.17 Å². The number of nitrogens with two attached hydrogens (primary N) is 1. The van der Waals surface area contributed by atoms with E-state index in [1.165, 1.54) is 0 Å². The third kappa shape index (κ3) is 2.10. The van der Waals surface area contributed by atoms with Crippen molar-refractivity contribution >= 4 is 0 Å². The fourth-order valence-corrected chi connectivity index (χ4v) is 1.44. The molecule has 1 saturated heterocycles. The Hall–Kier alpha value is -0.290. The van der Waals surface area contributed by atoms with Crippen molar-refractivity contribution in [3.63, 3.8) is 0 Å². The van der Waals surface area contributed by atoms with Crippen LogP contribution in [0.3, 0.4) is 0 Å². The normalized spacial score (nSPS) is 33.8. The van der Waals surface area contributed by atoms with Gasteiger partial charge in [-0.05, 0) is 19.4 Å². The van der Waals surface area contributed by atoms with E-state index in [0.29, 0.717) is 13.0 Å². The van der Waals surface area contributed by atoms with Crippen LogP contribution in [0.2, 0.25) is 0 Å². The first kappa shape index (κ1) is 9.80. The minimum Gasteiger partial charge on any atom is -0.326 e. The van der Waals surface area contributed by atoms with Crippen LogP contribution >= 0.6 is 0 Å². The summed E-state index contributed by atoms with van der Waals surface area (Å²) in [5, 5.41) is 2.67. The average molecular weight is 182 g/mol. The van der Waals surface area contributed by atoms with E-state index in [4.69, 9.17) is 5.73 Å². The summed E-state index contributed by atoms with van der Waals surface area (Å²) >= 11 is 0.